The molecular formula is C16H25N3O4. The maximum atomic E-state index is 12.3. The van der Waals surface area contributed by atoms with E-state index in [2.05, 4.69) is 23.8 Å². The topological polar surface area (TPSA) is 106 Å². The van der Waals surface area contributed by atoms with Gasteiger partial charge in [0.2, 0.25) is 5.91 Å². The lowest BCUT2D eigenvalue weighted by Crippen LogP contribution is -2.42. The zero-order valence-electron chi connectivity index (χ0n) is 13.7. The Morgan fingerprint density at radius 3 is 2.57 bits per heavy atom. The molecule has 7 nitrogen and oxygen atoms in total. The Bertz CT molecular complexity index is 641. The van der Waals surface area contributed by atoms with Crippen molar-refractivity contribution >= 4 is 5.91 Å². The van der Waals surface area contributed by atoms with E-state index in [0.717, 1.165) is 19.3 Å². The Hall–Kier alpha value is -1.89. The second-order valence-corrected chi connectivity index (χ2v) is 6.69. The second-order valence-electron chi connectivity index (χ2n) is 6.69. The molecule has 1 aliphatic rings. The number of amides is 1. The zero-order chi connectivity index (χ0) is 17.0. The number of likely N-dealkylation sites (tertiary alicyclic amines) is 1. The molecule has 1 fully saturated rings. The Morgan fingerprint density at radius 1 is 1.35 bits per heavy atom. The monoisotopic (exact) mass is 323 g/mol. The van der Waals surface area contributed by atoms with E-state index >= 15 is 0 Å². The largest absolute Gasteiger partial charge is 0.393 e. The quantitative estimate of drug-likeness (QED) is 0.722. The molecule has 7 heteroatoms. The molecule has 1 atom stereocenters. The van der Waals surface area contributed by atoms with E-state index in [1.165, 1.54) is 6.20 Å². The first kappa shape index (κ1) is 17.5. The number of aromatic amines is 2. The first-order chi connectivity index (χ1) is 10.9. The summed E-state index contributed by atoms with van der Waals surface area (Å²) < 4.78 is 0. The van der Waals surface area contributed by atoms with Crippen molar-refractivity contribution in [3.8, 4) is 0 Å². The summed E-state index contributed by atoms with van der Waals surface area (Å²) in [6.45, 7) is 5.37. The number of carbonyl (C=O) groups is 1. The molecule has 0 saturated carbocycles. The van der Waals surface area contributed by atoms with E-state index in [1.807, 2.05) is 0 Å². The fraction of sp³-hybridized carbons (Fsp3) is 0.688. The normalized spacial score (nSPS) is 17.5. The van der Waals surface area contributed by atoms with Crippen LogP contribution in [-0.2, 0) is 11.2 Å². The zero-order valence-corrected chi connectivity index (χ0v) is 13.7. The molecule has 0 bridgehead atoms. The summed E-state index contributed by atoms with van der Waals surface area (Å²) >= 11 is 0. The van der Waals surface area contributed by atoms with Crippen molar-refractivity contribution in [2.24, 2.45) is 11.8 Å². The van der Waals surface area contributed by atoms with Gasteiger partial charge in [-0.3, -0.25) is 14.6 Å². The molecule has 1 amide bonds. The van der Waals surface area contributed by atoms with Crippen molar-refractivity contribution in [2.45, 2.75) is 45.6 Å². The van der Waals surface area contributed by atoms with Crippen LogP contribution in [0.25, 0.3) is 0 Å². The van der Waals surface area contributed by atoms with Gasteiger partial charge in [0, 0.05) is 24.8 Å². The van der Waals surface area contributed by atoms with Crippen molar-refractivity contribution in [3.63, 3.8) is 0 Å². The number of carbonyl (C=O) groups excluding carboxylic acids is 1. The number of rotatable bonds is 5. The lowest BCUT2D eigenvalue weighted by molar-refractivity contribution is -0.132. The molecule has 1 aliphatic heterocycles. The molecule has 1 aromatic rings. The number of piperidine rings is 1. The highest BCUT2D eigenvalue weighted by atomic mass is 16.3. The Morgan fingerprint density at radius 2 is 2.00 bits per heavy atom. The maximum absolute atomic E-state index is 12.3. The summed E-state index contributed by atoms with van der Waals surface area (Å²) in [5.74, 6) is 0.564. The molecule has 0 spiro atoms. The van der Waals surface area contributed by atoms with Crippen LogP contribution in [0, 0.1) is 11.8 Å². The Balaban J connectivity index is 1.88. The number of nitrogens with zero attached hydrogens (tertiary/aromatic N) is 1. The molecule has 3 N–H and O–H groups in total. The van der Waals surface area contributed by atoms with Crippen LogP contribution in [0.15, 0.2) is 15.8 Å². The average Bonchev–Trinajstić information content (AvgIpc) is 2.49. The highest BCUT2D eigenvalue weighted by molar-refractivity contribution is 5.78. The van der Waals surface area contributed by atoms with E-state index in [4.69, 9.17) is 0 Å². The van der Waals surface area contributed by atoms with Crippen molar-refractivity contribution in [1.82, 2.24) is 14.9 Å². The predicted octanol–water partition coefficient (Wildman–Crippen LogP) is 0.251. The van der Waals surface area contributed by atoms with Gasteiger partial charge in [0.25, 0.3) is 5.56 Å². The van der Waals surface area contributed by atoms with E-state index in [9.17, 15) is 19.5 Å². The second kappa shape index (κ2) is 7.59. The van der Waals surface area contributed by atoms with Crippen LogP contribution in [-0.4, -0.2) is 45.1 Å². The first-order valence-corrected chi connectivity index (χ1v) is 8.13. The maximum Gasteiger partial charge on any atom is 0.325 e. The lowest BCUT2D eigenvalue weighted by atomic mass is 9.87. The molecule has 0 aromatic carbocycles. The molecule has 2 heterocycles. The number of aliphatic hydroxyl groups excluding tert-OH is 1. The molecular weight excluding hydrogens is 298 g/mol. The van der Waals surface area contributed by atoms with Gasteiger partial charge in [-0.1, -0.05) is 13.8 Å². The van der Waals surface area contributed by atoms with Gasteiger partial charge in [-0.05, 0) is 31.1 Å². The fourth-order valence-electron chi connectivity index (χ4n) is 3.05. The van der Waals surface area contributed by atoms with Crippen LogP contribution in [0.1, 0.15) is 38.7 Å². The van der Waals surface area contributed by atoms with E-state index in [0.29, 0.717) is 19.0 Å². The van der Waals surface area contributed by atoms with Gasteiger partial charge in [-0.25, -0.2) is 4.79 Å². The predicted molar refractivity (Wildman–Crippen MR) is 86.2 cm³/mol. The van der Waals surface area contributed by atoms with Crippen molar-refractivity contribution in [2.75, 3.05) is 13.1 Å². The van der Waals surface area contributed by atoms with Crippen molar-refractivity contribution < 1.29 is 9.90 Å². The summed E-state index contributed by atoms with van der Waals surface area (Å²) in [5, 5.41) is 10.2. The van der Waals surface area contributed by atoms with Gasteiger partial charge in [-0.2, -0.15) is 0 Å². The average molecular weight is 323 g/mol. The standard InChI is InChI=1S/C16H25N3O4/c1-10(2)7-13(20)11-3-5-19(6-4-11)14(21)8-12-9-17-16(23)18-15(12)22/h9-11,13,20H,3-8H2,1-2H3,(H2,17,18,22,23)/t13-/m1/s1. The minimum absolute atomic E-state index is 0.0225. The van der Waals surface area contributed by atoms with Gasteiger partial charge in [0.1, 0.15) is 0 Å². The van der Waals surface area contributed by atoms with Crippen LogP contribution < -0.4 is 11.2 Å². The van der Waals surface area contributed by atoms with Gasteiger partial charge in [-0.15, -0.1) is 0 Å². The molecule has 0 aliphatic carbocycles. The SMILES string of the molecule is CC(C)C[C@@H](O)C1CCN(C(=O)Cc2c[nH]c(=O)[nH]c2=O)CC1. The van der Waals surface area contributed by atoms with Gasteiger partial charge in [0.15, 0.2) is 0 Å². The van der Waals surface area contributed by atoms with Crippen LogP contribution in [0.5, 0.6) is 0 Å². The fourth-order valence-corrected chi connectivity index (χ4v) is 3.05. The number of hydrogen-bond acceptors (Lipinski definition) is 4. The molecule has 0 radical (unpaired) electrons. The van der Waals surface area contributed by atoms with Gasteiger partial charge >= 0.3 is 5.69 Å². The molecule has 2 rings (SSSR count). The molecule has 1 aromatic heterocycles. The lowest BCUT2D eigenvalue weighted by Gasteiger charge is -2.34. The van der Waals surface area contributed by atoms with Crippen LogP contribution in [0.4, 0.5) is 0 Å². The summed E-state index contributed by atoms with van der Waals surface area (Å²) in [5.41, 5.74) is -0.841. The third kappa shape index (κ3) is 4.79. The van der Waals surface area contributed by atoms with Crippen LogP contribution >= 0.6 is 0 Å². The number of aromatic nitrogens is 2. The highest BCUT2D eigenvalue weighted by Crippen LogP contribution is 2.24. The molecule has 1 saturated heterocycles. The summed E-state index contributed by atoms with van der Waals surface area (Å²) in [6, 6.07) is 0. The third-order valence-electron chi connectivity index (χ3n) is 4.39. The van der Waals surface area contributed by atoms with Gasteiger partial charge < -0.3 is 15.0 Å². The van der Waals surface area contributed by atoms with E-state index in [1.54, 1.807) is 4.90 Å². The smallest absolute Gasteiger partial charge is 0.325 e. The highest BCUT2D eigenvalue weighted by Gasteiger charge is 2.28. The van der Waals surface area contributed by atoms with Crippen LogP contribution in [0.2, 0.25) is 0 Å². The van der Waals surface area contributed by atoms with Gasteiger partial charge in [0.05, 0.1) is 12.5 Å². The summed E-state index contributed by atoms with van der Waals surface area (Å²) in [4.78, 5) is 41.1. The summed E-state index contributed by atoms with van der Waals surface area (Å²) in [6.07, 6.45) is 3.30. The number of hydrogen-bond donors (Lipinski definition) is 3. The van der Waals surface area contributed by atoms with Crippen molar-refractivity contribution in [3.05, 3.63) is 32.6 Å². The van der Waals surface area contributed by atoms with Crippen LogP contribution in [0.3, 0.4) is 0 Å². The third-order valence-corrected chi connectivity index (χ3v) is 4.39. The Kier molecular flexibility index (Phi) is 5.76. The molecule has 23 heavy (non-hydrogen) atoms. The number of H-pyrrole nitrogens is 2. The number of aliphatic hydroxyl groups is 1. The van der Waals surface area contributed by atoms with Crippen molar-refractivity contribution in [1.29, 1.82) is 0 Å². The Labute approximate surface area is 134 Å². The van der Waals surface area contributed by atoms with E-state index < -0.39 is 11.2 Å². The number of nitrogens with one attached hydrogen (secondary N) is 2. The summed E-state index contributed by atoms with van der Waals surface area (Å²) in [7, 11) is 0. The molecule has 128 valence electrons. The first-order valence-electron chi connectivity index (χ1n) is 8.13. The minimum Gasteiger partial charge on any atom is -0.393 e. The minimum atomic E-state index is -0.578. The molecule has 0 unspecified atom stereocenters. The van der Waals surface area contributed by atoms with E-state index in [-0.39, 0.29) is 29.9 Å².